The molecule has 0 spiro atoms. The van der Waals surface area contributed by atoms with Gasteiger partial charge in [-0.1, -0.05) is 24.3 Å². The molecule has 1 aliphatic rings. The summed E-state index contributed by atoms with van der Waals surface area (Å²) in [4.78, 5) is 29.5. The highest BCUT2D eigenvalue weighted by molar-refractivity contribution is 14.0. The number of nitrogens with one attached hydrogen (secondary N) is 1. The Morgan fingerprint density at radius 2 is 1.82 bits per heavy atom. The van der Waals surface area contributed by atoms with Crippen LogP contribution in [-0.2, 0) is 0 Å². The minimum Gasteiger partial charge on any atom is -0.370 e. The molecule has 2 amide bonds. The van der Waals surface area contributed by atoms with Crippen molar-refractivity contribution in [2.24, 2.45) is 10.7 Å². The van der Waals surface area contributed by atoms with Gasteiger partial charge in [0.15, 0.2) is 5.96 Å². The minimum atomic E-state index is -0.269. The fraction of sp³-hybridized carbons (Fsp3) is 0.267. The number of hydrogen-bond donors (Lipinski definition) is 2. The summed E-state index contributed by atoms with van der Waals surface area (Å²) in [5.41, 5.74) is 7.47. The third-order valence-corrected chi connectivity index (χ3v) is 3.04. The number of hydrogen-bond acceptors (Lipinski definition) is 3. The Morgan fingerprint density at radius 3 is 2.32 bits per heavy atom. The number of benzene rings is 1. The van der Waals surface area contributed by atoms with E-state index in [1.54, 1.807) is 24.3 Å². The van der Waals surface area contributed by atoms with Crippen LogP contribution < -0.4 is 11.1 Å². The zero-order valence-electron chi connectivity index (χ0n) is 12.3. The van der Waals surface area contributed by atoms with Gasteiger partial charge in [-0.2, -0.15) is 0 Å². The van der Waals surface area contributed by atoms with E-state index < -0.39 is 0 Å². The summed E-state index contributed by atoms with van der Waals surface area (Å²) in [7, 11) is 0. The fourth-order valence-electron chi connectivity index (χ4n) is 2.01. The van der Waals surface area contributed by atoms with Gasteiger partial charge in [-0.3, -0.25) is 14.5 Å². The Labute approximate surface area is 146 Å². The highest BCUT2D eigenvalue weighted by atomic mass is 127. The number of nitrogens with two attached hydrogens (primary N) is 1. The lowest BCUT2D eigenvalue weighted by atomic mass is 10.1. The van der Waals surface area contributed by atoms with E-state index in [0.717, 1.165) is 5.57 Å². The van der Waals surface area contributed by atoms with Crippen molar-refractivity contribution in [3.63, 3.8) is 0 Å². The molecule has 6 nitrogen and oxygen atoms in total. The molecule has 0 bridgehead atoms. The van der Waals surface area contributed by atoms with Gasteiger partial charge in [0.1, 0.15) is 0 Å². The number of guanidine groups is 1. The third-order valence-electron chi connectivity index (χ3n) is 3.04. The fourth-order valence-corrected chi connectivity index (χ4v) is 2.01. The highest BCUT2D eigenvalue weighted by Gasteiger charge is 2.34. The average Bonchev–Trinajstić information content (AvgIpc) is 2.70. The van der Waals surface area contributed by atoms with Gasteiger partial charge in [-0.15, -0.1) is 24.0 Å². The second-order valence-electron chi connectivity index (χ2n) is 4.89. The van der Waals surface area contributed by atoms with E-state index in [0.29, 0.717) is 24.2 Å². The summed E-state index contributed by atoms with van der Waals surface area (Å²) in [6, 6.07) is 6.80. The largest absolute Gasteiger partial charge is 0.370 e. The van der Waals surface area contributed by atoms with Gasteiger partial charge in [-0.05, 0) is 19.1 Å². The molecule has 2 rings (SSSR count). The molecule has 1 aliphatic heterocycles. The predicted molar refractivity (Wildman–Crippen MR) is 96.5 cm³/mol. The number of amides is 2. The molecule has 0 saturated carbocycles. The molecule has 1 heterocycles. The Morgan fingerprint density at radius 1 is 1.27 bits per heavy atom. The molecule has 0 unspecified atom stereocenters. The first-order valence-electron chi connectivity index (χ1n) is 6.64. The van der Waals surface area contributed by atoms with Gasteiger partial charge in [0.2, 0.25) is 0 Å². The summed E-state index contributed by atoms with van der Waals surface area (Å²) in [5, 5.41) is 2.87. The Hall–Kier alpha value is -1.90. The summed E-state index contributed by atoms with van der Waals surface area (Å²) in [6.45, 7) is 6.64. The van der Waals surface area contributed by atoms with Crippen molar-refractivity contribution in [2.45, 2.75) is 6.92 Å². The number of fused-ring (bicyclic) bond motifs is 1. The van der Waals surface area contributed by atoms with E-state index in [1.807, 2.05) is 6.92 Å². The van der Waals surface area contributed by atoms with E-state index in [1.165, 1.54) is 4.90 Å². The van der Waals surface area contributed by atoms with E-state index in [9.17, 15) is 9.59 Å². The number of carbonyl (C=O) groups is 2. The van der Waals surface area contributed by atoms with Crippen LogP contribution in [0.2, 0.25) is 0 Å². The van der Waals surface area contributed by atoms with Crippen LogP contribution in [-0.4, -0.2) is 42.3 Å². The summed E-state index contributed by atoms with van der Waals surface area (Å²) < 4.78 is 0. The minimum absolute atomic E-state index is 0. The quantitative estimate of drug-likeness (QED) is 0.251. The van der Waals surface area contributed by atoms with Crippen molar-refractivity contribution < 1.29 is 9.59 Å². The van der Waals surface area contributed by atoms with E-state index in [-0.39, 0.29) is 48.3 Å². The molecule has 1 aromatic carbocycles. The van der Waals surface area contributed by atoms with Crippen LogP contribution in [0.1, 0.15) is 27.6 Å². The number of rotatable bonds is 5. The molecule has 1 aromatic rings. The molecule has 0 aliphatic carbocycles. The molecular formula is C15H19IN4O2. The second-order valence-corrected chi connectivity index (χ2v) is 4.89. The number of aliphatic imine (C=N–C) groups is 1. The van der Waals surface area contributed by atoms with Crippen molar-refractivity contribution in [1.82, 2.24) is 10.2 Å². The lowest BCUT2D eigenvalue weighted by Crippen LogP contribution is -2.40. The maximum atomic E-state index is 12.1. The highest BCUT2D eigenvalue weighted by Crippen LogP contribution is 2.21. The van der Waals surface area contributed by atoms with E-state index in [4.69, 9.17) is 5.73 Å². The van der Waals surface area contributed by atoms with Crippen molar-refractivity contribution >= 4 is 41.8 Å². The van der Waals surface area contributed by atoms with Gasteiger partial charge in [0.25, 0.3) is 11.8 Å². The smallest absolute Gasteiger partial charge is 0.261 e. The summed E-state index contributed by atoms with van der Waals surface area (Å²) in [6.07, 6.45) is 0. The van der Waals surface area contributed by atoms with E-state index in [2.05, 4.69) is 16.9 Å². The monoisotopic (exact) mass is 414 g/mol. The normalized spacial score (nSPS) is 13.7. The van der Waals surface area contributed by atoms with Crippen molar-refractivity contribution in [3.8, 4) is 0 Å². The molecule has 22 heavy (non-hydrogen) atoms. The van der Waals surface area contributed by atoms with Gasteiger partial charge >= 0.3 is 0 Å². The van der Waals surface area contributed by atoms with Gasteiger partial charge in [0, 0.05) is 13.1 Å². The summed E-state index contributed by atoms with van der Waals surface area (Å²) >= 11 is 0. The summed E-state index contributed by atoms with van der Waals surface area (Å²) in [5.74, 6) is -0.265. The maximum Gasteiger partial charge on any atom is 0.261 e. The Bertz CT molecular complexity index is 593. The third kappa shape index (κ3) is 4.06. The van der Waals surface area contributed by atoms with Crippen LogP contribution in [0.25, 0.3) is 0 Å². The Kier molecular flexibility index (Phi) is 6.54. The first kappa shape index (κ1) is 18.1. The van der Waals surface area contributed by atoms with Gasteiger partial charge < -0.3 is 11.1 Å². The van der Waals surface area contributed by atoms with Crippen molar-refractivity contribution in [2.75, 3.05) is 19.6 Å². The van der Waals surface area contributed by atoms with Crippen molar-refractivity contribution in [3.05, 3.63) is 47.5 Å². The lowest BCUT2D eigenvalue weighted by molar-refractivity contribution is 0.0657. The molecular weight excluding hydrogens is 395 g/mol. The van der Waals surface area contributed by atoms with Crippen LogP contribution in [0.15, 0.2) is 41.4 Å². The zero-order valence-corrected chi connectivity index (χ0v) is 14.7. The van der Waals surface area contributed by atoms with Crippen LogP contribution in [0.5, 0.6) is 0 Å². The first-order chi connectivity index (χ1) is 10.0. The number of carbonyl (C=O) groups excluding carboxylic acids is 2. The van der Waals surface area contributed by atoms with Crippen LogP contribution in [0.3, 0.4) is 0 Å². The molecule has 0 fully saturated rings. The average molecular weight is 414 g/mol. The molecule has 3 N–H and O–H groups in total. The van der Waals surface area contributed by atoms with Crippen molar-refractivity contribution in [1.29, 1.82) is 0 Å². The van der Waals surface area contributed by atoms with Gasteiger partial charge in [0.05, 0.1) is 17.7 Å². The zero-order chi connectivity index (χ0) is 15.4. The SMILES string of the molecule is C=C(C)CN=C(N)NCCN1C(=O)c2ccccc2C1=O.I. The van der Waals surface area contributed by atoms with Gasteiger partial charge in [-0.25, -0.2) is 4.99 Å². The van der Waals surface area contributed by atoms with Crippen LogP contribution >= 0.6 is 24.0 Å². The molecule has 0 saturated heterocycles. The number of halogens is 1. The predicted octanol–water partition coefficient (Wildman–Crippen LogP) is 1.38. The molecule has 0 radical (unpaired) electrons. The first-order valence-corrected chi connectivity index (χ1v) is 6.64. The Balaban J connectivity index is 0.00000242. The van der Waals surface area contributed by atoms with Crippen LogP contribution in [0.4, 0.5) is 0 Å². The topological polar surface area (TPSA) is 87.8 Å². The number of nitrogens with zero attached hydrogens (tertiary/aromatic N) is 2. The standard InChI is InChI=1S/C15H18N4O2.HI/c1-10(2)9-18-15(16)17-7-8-19-13(20)11-5-3-4-6-12(11)14(19)21;/h3-6H,1,7-9H2,2H3,(H3,16,17,18);1H. The molecule has 7 heteroatoms. The second kappa shape index (κ2) is 7.92. The molecule has 0 atom stereocenters. The van der Waals surface area contributed by atoms with E-state index >= 15 is 0 Å². The number of imide groups is 1. The molecule has 0 aromatic heterocycles. The maximum absolute atomic E-state index is 12.1. The molecule has 118 valence electrons. The lowest BCUT2D eigenvalue weighted by Gasteiger charge is -2.14. The van der Waals surface area contributed by atoms with Crippen LogP contribution in [0, 0.1) is 0 Å².